The highest BCUT2D eigenvalue weighted by atomic mass is 35.5. The lowest BCUT2D eigenvalue weighted by Crippen LogP contribution is -2.22. The number of aromatic carboxylic acids is 1. The van der Waals surface area contributed by atoms with Crippen molar-refractivity contribution < 1.29 is 14.3 Å². The van der Waals surface area contributed by atoms with Crippen LogP contribution in [0.5, 0.6) is 0 Å². The molecule has 0 fully saturated rings. The van der Waals surface area contributed by atoms with Crippen LogP contribution in [-0.4, -0.2) is 20.6 Å². The van der Waals surface area contributed by atoms with Crippen LogP contribution in [0.2, 0.25) is 5.02 Å². The van der Waals surface area contributed by atoms with Gasteiger partial charge in [0, 0.05) is 0 Å². The molecule has 0 unspecified atom stereocenters. The summed E-state index contributed by atoms with van der Waals surface area (Å²) in [4.78, 5) is 29.2. The predicted octanol–water partition coefficient (Wildman–Crippen LogP) is 5.05. The van der Waals surface area contributed by atoms with Crippen molar-refractivity contribution in [3.05, 3.63) is 105 Å². The second kappa shape index (κ2) is 7.93. The third kappa shape index (κ3) is 3.73. The van der Waals surface area contributed by atoms with Crippen molar-refractivity contribution in [2.75, 3.05) is 0 Å². The molecular formula is C23H14ClFN2O3. The van der Waals surface area contributed by atoms with Crippen LogP contribution in [0.4, 0.5) is 4.39 Å². The molecule has 5 nitrogen and oxygen atoms in total. The zero-order valence-electron chi connectivity index (χ0n) is 15.4. The van der Waals surface area contributed by atoms with E-state index in [1.54, 1.807) is 54.6 Å². The van der Waals surface area contributed by atoms with Crippen LogP contribution in [0.25, 0.3) is 28.7 Å². The SMILES string of the molecule is O=C(O)c1cccc(-n2c(C=Cc3ccc(F)c(Cl)c3)nc3ccccc3c2=O)c1. The van der Waals surface area contributed by atoms with E-state index in [1.807, 2.05) is 0 Å². The van der Waals surface area contributed by atoms with Crippen molar-refractivity contribution in [3.8, 4) is 5.69 Å². The summed E-state index contributed by atoms with van der Waals surface area (Å²) >= 11 is 5.84. The van der Waals surface area contributed by atoms with Crippen LogP contribution in [-0.2, 0) is 0 Å². The van der Waals surface area contributed by atoms with Gasteiger partial charge in [0.25, 0.3) is 5.56 Å². The quantitative estimate of drug-likeness (QED) is 0.501. The van der Waals surface area contributed by atoms with Gasteiger partial charge in [0.15, 0.2) is 0 Å². The molecule has 3 aromatic carbocycles. The smallest absolute Gasteiger partial charge is 0.335 e. The summed E-state index contributed by atoms with van der Waals surface area (Å²) in [5, 5.41) is 9.69. The summed E-state index contributed by atoms with van der Waals surface area (Å²) in [5.74, 6) is -1.33. The molecule has 0 saturated heterocycles. The molecule has 4 rings (SSSR count). The van der Waals surface area contributed by atoms with Gasteiger partial charge in [-0.3, -0.25) is 9.36 Å². The Bertz CT molecular complexity index is 1380. The Morgan fingerprint density at radius 3 is 2.60 bits per heavy atom. The number of rotatable bonds is 4. The number of hydrogen-bond acceptors (Lipinski definition) is 3. The molecule has 0 saturated carbocycles. The van der Waals surface area contributed by atoms with Gasteiger partial charge in [-0.25, -0.2) is 14.2 Å². The lowest BCUT2D eigenvalue weighted by atomic mass is 10.1. The van der Waals surface area contributed by atoms with Crippen LogP contribution in [0.1, 0.15) is 21.7 Å². The van der Waals surface area contributed by atoms with Gasteiger partial charge in [0.1, 0.15) is 11.6 Å². The molecule has 0 spiro atoms. The maximum atomic E-state index is 13.4. The lowest BCUT2D eigenvalue weighted by molar-refractivity contribution is 0.0697. The third-order valence-electron chi connectivity index (χ3n) is 4.52. The highest BCUT2D eigenvalue weighted by Crippen LogP contribution is 2.19. The number of carboxylic acids is 1. The van der Waals surface area contributed by atoms with Crippen LogP contribution in [0, 0.1) is 5.82 Å². The first-order valence-corrected chi connectivity index (χ1v) is 9.30. The van der Waals surface area contributed by atoms with Crippen molar-refractivity contribution >= 4 is 40.6 Å². The summed E-state index contributed by atoms with van der Waals surface area (Å²) in [5.41, 5.74) is 1.21. The summed E-state index contributed by atoms with van der Waals surface area (Å²) in [7, 11) is 0. The van der Waals surface area contributed by atoms with E-state index in [9.17, 15) is 19.1 Å². The molecule has 0 atom stereocenters. The average molecular weight is 421 g/mol. The Morgan fingerprint density at radius 1 is 1.03 bits per heavy atom. The minimum atomic E-state index is -1.10. The Hall–Kier alpha value is -3.77. The first-order chi connectivity index (χ1) is 14.4. The number of halogens is 2. The molecular weight excluding hydrogens is 407 g/mol. The van der Waals surface area contributed by atoms with Gasteiger partial charge in [-0.2, -0.15) is 0 Å². The minimum absolute atomic E-state index is 0.0184. The zero-order chi connectivity index (χ0) is 21.3. The van der Waals surface area contributed by atoms with Gasteiger partial charge in [0.05, 0.1) is 27.2 Å². The molecule has 0 aliphatic heterocycles. The number of carbonyl (C=O) groups is 1. The van der Waals surface area contributed by atoms with Crippen molar-refractivity contribution in [1.29, 1.82) is 0 Å². The highest BCUT2D eigenvalue weighted by molar-refractivity contribution is 6.30. The normalized spacial score (nSPS) is 11.3. The minimum Gasteiger partial charge on any atom is -0.478 e. The fourth-order valence-electron chi connectivity index (χ4n) is 3.08. The second-order valence-electron chi connectivity index (χ2n) is 6.49. The predicted molar refractivity (Wildman–Crippen MR) is 115 cm³/mol. The number of carboxylic acid groups (broad SMARTS) is 1. The average Bonchev–Trinajstić information content (AvgIpc) is 2.75. The molecule has 7 heteroatoms. The Balaban J connectivity index is 1.93. The standard InChI is InChI=1S/C23H14ClFN2O3/c24-18-12-14(8-10-19(18)25)9-11-21-26-20-7-2-1-6-17(20)22(28)27(21)16-5-3-4-15(13-16)23(29)30/h1-13H,(H,29,30). The molecule has 4 aromatic rings. The molecule has 0 bridgehead atoms. The summed E-state index contributed by atoms with van der Waals surface area (Å²) < 4.78 is 14.8. The third-order valence-corrected chi connectivity index (χ3v) is 4.81. The van der Waals surface area contributed by atoms with Crippen molar-refractivity contribution in [2.45, 2.75) is 0 Å². The lowest BCUT2D eigenvalue weighted by Gasteiger charge is -2.12. The zero-order valence-corrected chi connectivity index (χ0v) is 16.2. The van der Waals surface area contributed by atoms with Gasteiger partial charge >= 0.3 is 5.97 Å². The first-order valence-electron chi connectivity index (χ1n) is 8.93. The van der Waals surface area contributed by atoms with Gasteiger partial charge in [-0.1, -0.05) is 41.9 Å². The number of para-hydroxylation sites is 1. The first kappa shape index (κ1) is 19.5. The fraction of sp³-hybridized carbons (Fsp3) is 0. The molecule has 148 valence electrons. The van der Waals surface area contributed by atoms with E-state index < -0.39 is 11.8 Å². The molecule has 0 radical (unpaired) electrons. The molecule has 0 aliphatic carbocycles. The Kier molecular flexibility index (Phi) is 5.16. The molecule has 1 aromatic heterocycles. The maximum absolute atomic E-state index is 13.4. The molecule has 30 heavy (non-hydrogen) atoms. The van der Waals surface area contributed by atoms with Crippen molar-refractivity contribution in [3.63, 3.8) is 0 Å². The maximum Gasteiger partial charge on any atom is 0.335 e. The number of hydrogen-bond donors (Lipinski definition) is 1. The topological polar surface area (TPSA) is 72.2 Å². The summed E-state index contributed by atoms with van der Waals surface area (Å²) in [6.07, 6.45) is 3.25. The fourth-order valence-corrected chi connectivity index (χ4v) is 3.27. The van der Waals surface area contributed by atoms with Crippen molar-refractivity contribution in [1.82, 2.24) is 9.55 Å². The number of benzene rings is 3. The number of aromatic nitrogens is 2. The van der Waals surface area contributed by atoms with E-state index in [1.165, 1.54) is 28.8 Å². The van der Waals surface area contributed by atoms with E-state index in [4.69, 9.17) is 11.6 Å². The summed E-state index contributed by atoms with van der Waals surface area (Å²) in [6, 6.07) is 17.2. The monoisotopic (exact) mass is 420 g/mol. The molecule has 1 N–H and O–H groups in total. The van der Waals surface area contributed by atoms with Gasteiger partial charge in [0.2, 0.25) is 0 Å². The van der Waals surface area contributed by atoms with Crippen LogP contribution in [0.3, 0.4) is 0 Å². The Labute approximate surface area is 175 Å². The molecule has 0 amide bonds. The Morgan fingerprint density at radius 2 is 1.83 bits per heavy atom. The van der Waals surface area contributed by atoms with Crippen LogP contribution < -0.4 is 5.56 Å². The van der Waals surface area contributed by atoms with E-state index in [-0.39, 0.29) is 16.1 Å². The van der Waals surface area contributed by atoms with Crippen LogP contribution >= 0.6 is 11.6 Å². The van der Waals surface area contributed by atoms with E-state index in [0.717, 1.165) is 0 Å². The number of fused-ring (bicyclic) bond motifs is 1. The number of nitrogens with zero attached hydrogens (tertiary/aromatic N) is 2. The summed E-state index contributed by atoms with van der Waals surface area (Å²) in [6.45, 7) is 0. The van der Waals surface area contributed by atoms with Gasteiger partial charge in [-0.05, 0) is 54.1 Å². The van der Waals surface area contributed by atoms with E-state index >= 15 is 0 Å². The van der Waals surface area contributed by atoms with Gasteiger partial charge in [-0.15, -0.1) is 0 Å². The van der Waals surface area contributed by atoms with E-state index in [2.05, 4.69) is 4.98 Å². The van der Waals surface area contributed by atoms with E-state index in [0.29, 0.717) is 28.0 Å². The highest BCUT2D eigenvalue weighted by Gasteiger charge is 2.13. The van der Waals surface area contributed by atoms with Crippen LogP contribution in [0.15, 0.2) is 71.5 Å². The second-order valence-corrected chi connectivity index (χ2v) is 6.90. The van der Waals surface area contributed by atoms with Crippen molar-refractivity contribution in [2.24, 2.45) is 0 Å². The molecule has 0 aliphatic rings. The largest absolute Gasteiger partial charge is 0.478 e. The van der Waals surface area contributed by atoms with Gasteiger partial charge < -0.3 is 5.11 Å². The molecule has 1 heterocycles.